The fourth-order valence-corrected chi connectivity index (χ4v) is 9.52. The van der Waals surface area contributed by atoms with Crippen molar-refractivity contribution in [1.82, 2.24) is 0 Å². The van der Waals surface area contributed by atoms with Crippen molar-refractivity contribution in [3.05, 3.63) is 161 Å². The molecule has 0 atom stereocenters. The smallest absolute Gasteiger partial charge is 0.194 e. The summed E-state index contributed by atoms with van der Waals surface area (Å²) >= 11 is 0. The Hall–Kier alpha value is -4.13. The molecule has 5 aromatic carbocycles. The van der Waals surface area contributed by atoms with Gasteiger partial charge < -0.3 is 0 Å². The fraction of sp³-hybridized carbons (Fsp3) is 0.0303. The maximum absolute atomic E-state index is 13.4. The van der Waals surface area contributed by atoms with E-state index in [4.69, 9.17) is 0 Å². The molecule has 0 N–H and O–H groups in total. The van der Waals surface area contributed by atoms with E-state index >= 15 is 0 Å². The number of benzene rings is 5. The molecule has 0 heterocycles. The van der Waals surface area contributed by atoms with E-state index in [1.165, 1.54) is 15.9 Å². The quantitative estimate of drug-likeness (QED) is 0.284. The normalized spacial score (nSPS) is 12.7. The highest BCUT2D eigenvalue weighted by Gasteiger charge is 2.45. The first-order valence-corrected chi connectivity index (χ1v) is 14.0. The van der Waals surface area contributed by atoms with Gasteiger partial charge in [-0.1, -0.05) is 84.9 Å². The molecule has 36 heavy (non-hydrogen) atoms. The third kappa shape index (κ3) is 3.63. The second-order valence-electron chi connectivity index (χ2n) is 9.06. The number of hydrogen-bond acceptors (Lipinski definition) is 2. The third-order valence-electron chi connectivity index (χ3n) is 7.00. The molecule has 0 fully saturated rings. The molecule has 0 saturated heterocycles. The summed E-state index contributed by atoms with van der Waals surface area (Å²) in [5.41, 5.74) is 3.03. The van der Waals surface area contributed by atoms with Gasteiger partial charge in [0.15, 0.2) is 11.6 Å². The van der Waals surface area contributed by atoms with Crippen LogP contribution in [0.15, 0.2) is 133 Å². The number of ketones is 2. The Morgan fingerprint density at radius 2 is 0.806 bits per heavy atom. The number of rotatable bonds is 5. The van der Waals surface area contributed by atoms with Crippen LogP contribution < -0.4 is 15.9 Å². The molecule has 0 aromatic heterocycles. The van der Waals surface area contributed by atoms with Gasteiger partial charge in [-0.2, -0.15) is 0 Å². The van der Waals surface area contributed by atoms with E-state index in [0.717, 1.165) is 11.7 Å². The van der Waals surface area contributed by atoms with Crippen LogP contribution in [0, 0.1) is 0 Å². The zero-order valence-electron chi connectivity index (χ0n) is 19.7. The summed E-state index contributed by atoms with van der Waals surface area (Å²) in [4.78, 5) is 26.6. The Kier molecular flexibility index (Phi) is 5.68. The first-order chi connectivity index (χ1) is 17.7. The van der Waals surface area contributed by atoms with Crippen LogP contribution in [0.1, 0.15) is 37.4 Å². The van der Waals surface area contributed by atoms with Gasteiger partial charge in [0.1, 0.15) is 23.2 Å². The molecule has 2 nitrogen and oxygen atoms in total. The summed E-state index contributed by atoms with van der Waals surface area (Å²) in [7, 11) is -2.11. The highest BCUT2D eigenvalue weighted by atomic mass is 31.2. The lowest BCUT2D eigenvalue weighted by Crippen LogP contribution is -2.32. The lowest BCUT2D eigenvalue weighted by atomic mass is 9.83. The van der Waals surface area contributed by atoms with E-state index in [1.54, 1.807) is 12.1 Å². The van der Waals surface area contributed by atoms with Gasteiger partial charge >= 0.3 is 0 Å². The highest BCUT2D eigenvalue weighted by Crippen LogP contribution is 2.58. The molecular weight excluding hydrogens is 459 g/mol. The van der Waals surface area contributed by atoms with Crippen LogP contribution >= 0.6 is 7.26 Å². The lowest BCUT2D eigenvalue weighted by molar-refractivity contribution is 0.0979. The topological polar surface area (TPSA) is 34.1 Å². The Morgan fingerprint density at radius 1 is 0.417 bits per heavy atom. The number of fused-ring (bicyclic) bond motifs is 2. The monoisotopic (exact) mass is 483 g/mol. The van der Waals surface area contributed by atoms with Gasteiger partial charge in [0.05, 0.1) is 6.16 Å². The summed E-state index contributed by atoms with van der Waals surface area (Å²) < 4.78 is 0. The lowest BCUT2D eigenvalue weighted by Gasteiger charge is -2.28. The van der Waals surface area contributed by atoms with Crippen molar-refractivity contribution in [2.75, 3.05) is 0 Å². The number of carbonyl (C=O) groups is 2. The van der Waals surface area contributed by atoms with Gasteiger partial charge in [0, 0.05) is 22.3 Å². The molecule has 5 aromatic rings. The molecule has 172 valence electrons. The minimum absolute atomic E-state index is 0.0786. The van der Waals surface area contributed by atoms with Crippen molar-refractivity contribution in [1.29, 1.82) is 0 Å². The van der Waals surface area contributed by atoms with Crippen LogP contribution in [-0.4, -0.2) is 11.6 Å². The minimum Gasteiger partial charge on any atom is -0.289 e. The molecule has 0 spiro atoms. The third-order valence-corrected chi connectivity index (χ3v) is 11.4. The average molecular weight is 484 g/mol. The van der Waals surface area contributed by atoms with Gasteiger partial charge in [-0.15, -0.1) is 0 Å². The van der Waals surface area contributed by atoms with Gasteiger partial charge in [-0.3, -0.25) is 9.59 Å². The Balaban J connectivity index is 1.55. The molecule has 6 rings (SSSR count). The fourth-order valence-electron chi connectivity index (χ4n) is 5.29. The Bertz CT molecular complexity index is 1480. The first-order valence-electron chi connectivity index (χ1n) is 12.0. The van der Waals surface area contributed by atoms with Crippen LogP contribution in [0.3, 0.4) is 0 Å². The molecule has 0 bridgehead atoms. The summed E-state index contributed by atoms with van der Waals surface area (Å²) in [5.74, 6) is -0.160. The van der Waals surface area contributed by atoms with Crippen LogP contribution in [0.5, 0.6) is 0 Å². The van der Waals surface area contributed by atoms with Gasteiger partial charge in [-0.25, -0.2) is 0 Å². The Morgan fingerprint density at radius 3 is 1.28 bits per heavy atom. The first kappa shape index (κ1) is 22.3. The van der Waals surface area contributed by atoms with Crippen molar-refractivity contribution in [3.63, 3.8) is 0 Å². The largest absolute Gasteiger partial charge is 0.289 e. The van der Waals surface area contributed by atoms with Crippen LogP contribution in [-0.2, 0) is 6.16 Å². The molecule has 0 aliphatic heterocycles. The van der Waals surface area contributed by atoms with Crippen molar-refractivity contribution >= 4 is 34.7 Å². The highest BCUT2D eigenvalue weighted by molar-refractivity contribution is 7.95. The SMILES string of the molecule is O=C1c2ccccc2C(=O)c2cc(C[P+](c3ccccc3)(c3ccccc3)c3ccccc3)ccc21. The summed E-state index contributed by atoms with van der Waals surface area (Å²) in [6, 6.07) is 45.0. The number of carbonyl (C=O) groups excluding carboxylic acids is 2. The number of hydrogen-bond donors (Lipinski definition) is 0. The zero-order chi connectivity index (χ0) is 24.5. The molecule has 1 aliphatic carbocycles. The Labute approximate surface area is 211 Å². The van der Waals surface area contributed by atoms with Crippen molar-refractivity contribution in [2.24, 2.45) is 0 Å². The van der Waals surface area contributed by atoms with Crippen LogP contribution in [0.25, 0.3) is 0 Å². The van der Waals surface area contributed by atoms with Gasteiger partial charge in [0.25, 0.3) is 0 Å². The van der Waals surface area contributed by atoms with E-state index in [0.29, 0.717) is 22.3 Å². The average Bonchev–Trinajstić information content (AvgIpc) is 2.96. The standard InChI is InChI=1S/C33H24O2P/c34-32-28-18-10-11-19-29(28)33(35)31-22-24(20-21-30(31)32)23-36(25-12-4-1-5-13-25,26-14-6-2-7-15-26)27-16-8-3-9-17-27/h1-22H,23H2/q+1. The van der Waals surface area contributed by atoms with E-state index in [2.05, 4.69) is 91.0 Å². The van der Waals surface area contributed by atoms with Crippen molar-refractivity contribution in [2.45, 2.75) is 6.16 Å². The second-order valence-corrected chi connectivity index (χ2v) is 12.5. The molecule has 0 saturated carbocycles. The van der Waals surface area contributed by atoms with E-state index in [-0.39, 0.29) is 11.6 Å². The maximum atomic E-state index is 13.4. The van der Waals surface area contributed by atoms with E-state index < -0.39 is 7.26 Å². The van der Waals surface area contributed by atoms with Crippen LogP contribution in [0.2, 0.25) is 0 Å². The van der Waals surface area contributed by atoms with Crippen molar-refractivity contribution < 1.29 is 9.59 Å². The van der Waals surface area contributed by atoms with Crippen molar-refractivity contribution in [3.8, 4) is 0 Å². The minimum atomic E-state index is -2.11. The predicted molar refractivity (Wildman–Crippen MR) is 149 cm³/mol. The molecule has 0 unspecified atom stereocenters. The summed E-state index contributed by atoms with van der Waals surface area (Å²) in [6.45, 7) is 0. The van der Waals surface area contributed by atoms with E-state index in [9.17, 15) is 9.59 Å². The zero-order valence-corrected chi connectivity index (χ0v) is 20.6. The molecule has 0 amide bonds. The predicted octanol–water partition coefficient (Wildman–Crippen LogP) is 5.96. The summed E-state index contributed by atoms with van der Waals surface area (Å²) in [6.07, 6.45) is 0.751. The molecular formula is C33H24O2P+. The molecule has 1 aliphatic rings. The second kappa shape index (κ2) is 9.15. The van der Waals surface area contributed by atoms with Gasteiger partial charge in [-0.05, 0) is 54.1 Å². The van der Waals surface area contributed by atoms with Crippen LogP contribution in [0.4, 0.5) is 0 Å². The molecule has 0 radical (unpaired) electrons. The molecule has 3 heteroatoms. The van der Waals surface area contributed by atoms with Gasteiger partial charge in [0.2, 0.25) is 0 Å². The maximum Gasteiger partial charge on any atom is 0.194 e. The summed E-state index contributed by atoms with van der Waals surface area (Å²) in [5, 5.41) is 3.86. The van der Waals surface area contributed by atoms with E-state index in [1.807, 2.05) is 30.3 Å².